The highest BCUT2D eigenvalue weighted by Crippen LogP contribution is 2.34. The van der Waals surface area contributed by atoms with Crippen LogP contribution in [0.2, 0.25) is 0 Å². The van der Waals surface area contributed by atoms with Crippen molar-refractivity contribution in [2.45, 2.75) is 0 Å². The Kier molecular flexibility index (Phi) is 3.83. The van der Waals surface area contributed by atoms with Crippen molar-refractivity contribution >= 4 is 11.3 Å². The Labute approximate surface area is 127 Å². The van der Waals surface area contributed by atoms with Crippen molar-refractivity contribution < 1.29 is 9.47 Å². The second-order valence-corrected chi connectivity index (χ2v) is 5.19. The molecule has 5 heteroatoms. The van der Waals surface area contributed by atoms with Gasteiger partial charge >= 0.3 is 0 Å². The molecule has 3 aromatic rings. The van der Waals surface area contributed by atoms with E-state index in [1.54, 1.807) is 31.8 Å². The molecule has 0 saturated carbocycles. The maximum absolute atomic E-state index is 5.38. The first-order valence-electron chi connectivity index (χ1n) is 6.41. The predicted octanol–water partition coefficient (Wildman–Crippen LogP) is 3.89. The van der Waals surface area contributed by atoms with E-state index in [2.05, 4.69) is 9.97 Å². The normalized spacial score (nSPS) is 10.4. The first-order valence-corrected chi connectivity index (χ1v) is 7.29. The Bertz CT molecular complexity index is 738. The molecule has 0 atom stereocenters. The second kappa shape index (κ2) is 5.93. The Morgan fingerprint density at radius 3 is 2.57 bits per heavy atom. The third kappa shape index (κ3) is 2.73. The van der Waals surface area contributed by atoms with Crippen LogP contribution in [0.15, 0.2) is 48.0 Å². The van der Waals surface area contributed by atoms with Crippen molar-refractivity contribution in [3.8, 4) is 33.5 Å². The number of benzene rings is 1. The van der Waals surface area contributed by atoms with E-state index in [0.717, 1.165) is 27.6 Å². The topological polar surface area (TPSA) is 44.2 Å². The quantitative estimate of drug-likeness (QED) is 0.733. The molecule has 0 unspecified atom stereocenters. The lowest BCUT2D eigenvalue weighted by Gasteiger charge is -2.04. The molecule has 0 saturated heterocycles. The van der Waals surface area contributed by atoms with Gasteiger partial charge < -0.3 is 9.47 Å². The molecular formula is C16H14N2O2S. The molecule has 2 aromatic heterocycles. The average molecular weight is 298 g/mol. The van der Waals surface area contributed by atoms with Gasteiger partial charge in [-0.3, -0.25) is 0 Å². The third-order valence-electron chi connectivity index (χ3n) is 3.08. The summed E-state index contributed by atoms with van der Waals surface area (Å²) in [5.41, 5.74) is 2.86. The maximum atomic E-state index is 5.38. The maximum Gasteiger partial charge on any atom is 0.212 e. The number of para-hydroxylation sites is 1. The Morgan fingerprint density at radius 2 is 1.86 bits per heavy atom. The van der Waals surface area contributed by atoms with Gasteiger partial charge in [-0.25, -0.2) is 9.97 Å². The van der Waals surface area contributed by atoms with Crippen LogP contribution in [0.3, 0.4) is 0 Å². The molecule has 0 amide bonds. The number of thiazole rings is 1. The molecule has 0 bridgehead atoms. The lowest BCUT2D eigenvalue weighted by molar-refractivity contribution is 0.398. The average Bonchev–Trinajstić information content (AvgIpc) is 3.04. The minimum Gasteiger partial charge on any atom is -0.496 e. The van der Waals surface area contributed by atoms with E-state index in [0.29, 0.717) is 5.88 Å². The predicted molar refractivity (Wildman–Crippen MR) is 83.9 cm³/mol. The zero-order chi connectivity index (χ0) is 14.7. The van der Waals surface area contributed by atoms with Gasteiger partial charge in [-0.15, -0.1) is 11.3 Å². The van der Waals surface area contributed by atoms with Gasteiger partial charge in [0, 0.05) is 23.2 Å². The van der Waals surface area contributed by atoms with E-state index in [4.69, 9.17) is 9.47 Å². The van der Waals surface area contributed by atoms with Gasteiger partial charge in [0.05, 0.1) is 25.5 Å². The van der Waals surface area contributed by atoms with E-state index in [1.807, 2.05) is 41.8 Å². The summed E-state index contributed by atoms with van der Waals surface area (Å²) in [7, 11) is 3.27. The van der Waals surface area contributed by atoms with E-state index in [-0.39, 0.29) is 0 Å². The van der Waals surface area contributed by atoms with E-state index in [1.165, 1.54) is 0 Å². The zero-order valence-electron chi connectivity index (χ0n) is 11.7. The SMILES string of the molecule is COc1ccc(-c2csc(-c3ccccc3OC)n2)cn1. The van der Waals surface area contributed by atoms with E-state index >= 15 is 0 Å². The highest BCUT2D eigenvalue weighted by Gasteiger charge is 2.11. The van der Waals surface area contributed by atoms with E-state index < -0.39 is 0 Å². The lowest BCUT2D eigenvalue weighted by Crippen LogP contribution is -1.88. The molecule has 4 nitrogen and oxygen atoms in total. The van der Waals surface area contributed by atoms with Gasteiger partial charge in [0.15, 0.2) is 0 Å². The summed E-state index contributed by atoms with van der Waals surface area (Å²) < 4.78 is 10.4. The van der Waals surface area contributed by atoms with Crippen LogP contribution < -0.4 is 9.47 Å². The molecule has 0 aliphatic heterocycles. The monoisotopic (exact) mass is 298 g/mol. The van der Waals surface area contributed by atoms with Crippen LogP contribution >= 0.6 is 11.3 Å². The molecule has 0 spiro atoms. The molecule has 0 N–H and O–H groups in total. The smallest absolute Gasteiger partial charge is 0.212 e. The molecule has 0 radical (unpaired) electrons. The lowest BCUT2D eigenvalue weighted by atomic mass is 10.2. The van der Waals surface area contributed by atoms with Gasteiger partial charge in [-0.2, -0.15) is 0 Å². The van der Waals surface area contributed by atoms with Gasteiger partial charge in [0.1, 0.15) is 10.8 Å². The van der Waals surface area contributed by atoms with Crippen molar-refractivity contribution in [1.29, 1.82) is 0 Å². The van der Waals surface area contributed by atoms with Crippen molar-refractivity contribution in [2.24, 2.45) is 0 Å². The first-order chi connectivity index (χ1) is 10.3. The van der Waals surface area contributed by atoms with Crippen LogP contribution in [0.25, 0.3) is 21.8 Å². The number of pyridine rings is 1. The summed E-state index contributed by atoms with van der Waals surface area (Å²) in [4.78, 5) is 8.88. The fourth-order valence-electron chi connectivity index (χ4n) is 2.00. The minimum absolute atomic E-state index is 0.596. The summed E-state index contributed by atoms with van der Waals surface area (Å²) in [5.74, 6) is 1.42. The number of aromatic nitrogens is 2. The summed E-state index contributed by atoms with van der Waals surface area (Å²) in [6.45, 7) is 0. The van der Waals surface area contributed by atoms with Crippen LogP contribution in [0.5, 0.6) is 11.6 Å². The van der Waals surface area contributed by atoms with Crippen LogP contribution in [0.1, 0.15) is 0 Å². The minimum atomic E-state index is 0.596. The molecule has 3 rings (SSSR count). The standard InChI is InChI=1S/C16H14N2O2S/c1-19-14-6-4-3-5-12(14)16-18-13(10-21-16)11-7-8-15(20-2)17-9-11/h3-10H,1-2H3. The van der Waals surface area contributed by atoms with Crippen LogP contribution in [0.4, 0.5) is 0 Å². The molecule has 0 aliphatic carbocycles. The molecule has 0 fully saturated rings. The highest BCUT2D eigenvalue weighted by atomic mass is 32.1. The largest absolute Gasteiger partial charge is 0.496 e. The molecule has 21 heavy (non-hydrogen) atoms. The number of hydrogen-bond donors (Lipinski definition) is 0. The van der Waals surface area contributed by atoms with Crippen LogP contribution in [0, 0.1) is 0 Å². The van der Waals surface area contributed by atoms with Gasteiger partial charge in [0.25, 0.3) is 0 Å². The highest BCUT2D eigenvalue weighted by molar-refractivity contribution is 7.13. The van der Waals surface area contributed by atoms with Crippen molar-refractivity contribution in [1.82, 2.24) is 9.97 Å². The Morgan fingerprint density at radius 1 is 1.00 bits per heavy atom. The van der Waals surface area contributed by atoms with Crippen LogP contribution in [-0.4, -0.2) is 24.2 Å². The number of rotatable bonds is 4. The number of hydrogen-bond acceptors (Lipinski definition) is 5. The fourth-order valence-corrected chi connectivity index (χ4v) is 2.86. The molecular weight excluding hydrogens is 284 g/mol. The van der Waals surface area contributed by atoms with Crippen molar-refractivity contribution in [3.63, 3.8) is 0 Å². The van der Waals surface area contributed by atoms with Gasteiger partial charge in [-0.05, 0) is 18.2 Å². The number of ether oxygens (including phenoxy) is 2. The molecule has 2 heterocycles. The number of methoxy groups -OCH3 is 2. The van der Waals surface area contributed by atoms with Gasteiger partial charge in [0.2, 0.25) is 5.88 Å². The first kappa shape index (κ1) is 13.6. The summed E-state index contributed by atoms with van der Waals surface area (Å²) in [5, 5.41) is 2.95. The molecule has 0 aliphatic rings. The van der Waals surface area contributed by atoms with Gasteiger partial charge in [-0.1, -0.05) is 12.1 Å². The summed E-state index contributed by atoms with van der Waals surface area (Å²) >= 11 is 1.59. The summed E-state index contributed by atoms with van der Waals surface area (Å²) in [6.07, 6.45) is 1.76. The second-order valence-electron chi connectivity index (χ2n) is 4.33. The fraction of sp³-hybridized carbons (Fsp3) is 0.125. The zero-order valence-corrected chi connectivity index (χ0v) is 12.6. The van der Waals surface area contributed by atoms with E-state index in [9.17, 15) is 0 Å². The Hall–Kier alpha value is -2.40. The molecule has 106 valence electrons. The summed E-state index contributed by atoms with van der Waals surface area (Å²) in [6, 6.07) is 11.7. The third-order valence-corrected chi connectivity index (χ3v) is 3.96. The number of nitrogens with zero attached hydrogens (tertiary/aromatic N) is 2. The van der Waals surface area contributed by atoms with Crippen molar-refractivity contribution in [3.05, 3.63) is 48.0 Å². The van der Waals surface area contributed by atoms with Crippen LogP contribution in [-0.2, 0) is 0 Å². The van der Waals surface area contributed by atoms with Crippen molar-refractivity contribution in [2.75, 3.05) is 14.2 Å². The molecule has 1 aromatic carbocycles. The Balaban J connectivity index is 1.95.